The minimum atomic E-state index is -0.977. The largest absolute Gasteiger partial charge is 0.480 e. The number of nitrogens with zero attached hydrogens (tertiary/aromatic N) is 1. The molecule has 1 unspecified atom stereocenters. The molecule has 1 aliphatic rings. The first kappa shape index (κ1) is 15.8. The van der Waals surface area contributed by atoms with Gasteiger partial charge in [-0.1, -0.05) is 20.3 Å². The van der Waals surface area contributed by atoms with Crippen molar-refractivity contribution in [1.29, 1.82) is 0 Å². The number of carboxylic acids is 1. The number of carboxylic acid groups (broad SMARTS) is 1. The molecule has 0 spiro atoms. The van der Waals surface area contributed by atoms with Crippen LogP contribution in [0.3, 0.4) is 0 Å². The van der Waals surface area contributed by atoms with E-state index in [0.29, 0.717) is 19.5 Å². The van der Waals surface area contributed by atoms with Gasteiger partial charge in [-0.05, 0) is 18.8 Å². The van der Waals surface area contributed by atoms with Crippen molar-refractivity contribution >= 4 is 12.0 Å². The van der Waals surface area contributed by atoms with Crippen molar-refractivity contribution < 1.29 is 19.4 Å². The number of piperidine rings is 1. The summed E-state index contributed by atoms with van der Waals surface area (Å²) >= 11 is 0. The molecule has 1 fully saturated rings. The van der Waals surface area contributed by atoms with E-state index < -0.39 is 12.0 Å². The fraction of sp³-hybridized carbons (Fsp3) is 0.846. The molecule has 6 heteroatoms. The highest BCUT2D eigenvalue weighted by molar-refractivity contribution is 5.82. The first-order valence-electron chi connectivity index (χ1n) is 6.80. The van der Waals surface area contributed by atoms with Crippen LogP contribution < -0.4 is 5.32 Å². The van der Waals surface area contributed by atoms with Crippen molar-refractivity contribution in [3.8, 4) is 0 Å². The van der Waals surface area contributed by atoms with Gasteiger partial charge in [0.2, 0.25) is 0 Å². The first-order chi connectivity index (χ1) is 8.99. The van der Waals surface area contributed by atoms with E-state index in [1.54, 1.807) is 12.0 Å². The van der Waals surface area contributed by atoms with Gasteiger partial charge >= 0.3 is 12.0 Å². The van der Waals surface area contributed by atoms with Crippen LogP contribution in [0.15, 0.2) is 0 Å². The molecule has 1 rings (SSSR count). The van der Waals surface area contributed by atoms with Gasteiger partial charge < -0.3 is 20.1 Å². The van der Waals surface area contributed by atoms with E-state index in [1.807, 2.05) is 13.8 Å². The van der Waals surface area contributed by atoms with Gasteiger partial charge in [0.1, 0.15) is 6.04 Å². The summed E-state index contributed by atoms with van der Waals surface area (Å²) in [5, 5.41) is 11.8. The van der Waals surface area contributed by atoms with E-state index >= 15 is 0 Å². The third-order valence-electron chi connectivity index (χ3n) is 3.82. The van der Waals surface area contributed by atoms with Crippen LogP contribution in [0.5, 0.6) is 0 Å². The predicted octanol–water partition coefficient (Wildman–Crippen LogP) is 1.31. The Morgan fingerprint density at radius 2 is 2.00 bits per heavy atom. The maximum Gasteiger partial charge on any atom is 0.326 e. The van der Waals surface area contributed by atoms with E-state index in [4.69, 9.17) is 9.84 Å². The fourth-order valence-electron chi connectivity index (χ4n) is 2.20. The molecule has 0 aromatic heterocycles. The van der Waals surface area contributed by atoms with Gasteiger partial charge in [-0.2, -0.15) is 0 Å². The number of hydrogen-bond donors (Lipinski definition) is 2. The van der Waals surface area contributed by atoms with Crippen LogP contribution in [0.25, 0.3) is 0 Å². The smallest absolute Gasteiger partial charge is 0.326 e. The minimum absolute atomic E-state index is 0.0852. The number of carbonyl (C=O) groups is 2. The van der Waals surface area contributed by atoms with E-state index in [-0.39, 0.29) is 18.1 Å². The Morgan fingerprint density at radius 3 is 2.42 bits per heavy atom. The van der Waals surface area contributed by atoms with Gasteiger partial charge in [-0.25, -0.2) is 9.59 Å². The molecule has 0 radical (unpaired) electrons. The summed E-state index contributed by atoms with van der Waals surface area (Å²) < 4.78 is 5.24. The third-order valence-corrected chi connectivity index (χ3v) is 3.82. The SMILES string of the molecule is CCC(C)[C@H](NC(=O)N1CCC(OC)CC1)C(=O)O. The van der Waals surface area contributed by atoms with Crippen molar-refractivity contribution in [3.05, 3.63) is 0 Å². The molecule has 2 N–H and O–H groups in total. The third kappa shape index (κ3) is 4.38. The Hall–Kier alpha value is -1.30. The molecule has 0 aromatic carbocycles. The highest BCUT2D eigenvalue weighted by atomic mass is 16.5. The maximum absolute atomic E-state index is 12.0. The number of hydrogen-bond acceptors (Lipinski definition) is 3. The van der Waals surface area contributed by atoms with E-state index in [2.05, 4.69) is 5.32 Å². The van der Waals surface area contributed by atoms with E-state index in [0.717, 1.165) is 12.8 Å². The lowest BCUT2D eigenvalue weighted by molar-refractivity contribution is -0.140. The maximum atomic E-state index is 12.0. The Kier molecular flexibility index (Phi) is 6.08. The van der Waals surface area contributed by atoms with Crippen LogP contribution >= 0.6 is 0 Å². The molecule has 19 heavy (non-hydrogen) atoms. The van der Waals surface area contributed by atoms with Gasteiger partial charge in [0.05, 0.1) is 6.10 Å². The average molecular weight is 272 g/mol. The second kappa shape index (κ2) is 7.33. The van der Waals surface area contributed by atoms with E-state index in [9.17, 15) is 9.59 Å². The van der Waals surface area contributed by atoms with Crippen LogP contribution in [0.2, 0.25) is 0 Å². The summed E-state index contributed by atoms with van der Waals surface area (Å²) in [4.78, 5) is 24.9. The summed E-state index contributed by atoms with van der Waals surface area (Å²) in [6.07, 6.45) is 2.51. The lowest BCUT2D eigenvalue weighted by Gasteiger charge is -2.32. The first-order valence-corrected chi connectivity index (χ1v) is 6.80. The Morgan fingerprint density at radius 1 is 1.42 bits per heavy atom. The lowest BCUT2D eigenvalue weighted by atomic mass is 9.99. The number of rotatable bonds is 5. The number of methoxy groups -OCH3 is 1. The van der Waals surface area contributed by atoms with Crippen molar-refractivity contribution in [1.82, 2.24) is 10.2 Å². The van der Waals surface area contributed by atoms with Gasteiger partial charge in [-0.3, -0.25) is 0 Å². The van der Waals surface area contributed by atoms with Crippen molar-refractivity contribution in [2.24, 2.45) is 5.92 Å². The molecule has 0 bridgehead atoms. The standard InChI is InChI=1S/C13H24N2O4/c1-4-9(2)11(12(16)17)14-13(18)15-7-5-10(19-3)6-8-15/h9-11H,4-8H2,1-3H3,(H,14,18)(H,16,17)/t9?,11-/m0/s1. The van der Waals surface area contributed by atoms with Crippen LogP contribution in [0, 0.1) is 5.92 Å². The molecular formula is C13H24N2O4. The van der Waals surface area contributed by atoms with Gasteiger partial charge in [0, 0.05) is 20.2 Å². The number of carbonyl (C=O) groups excluding carboxylic acids is 1. The second-order valence-electron chi connectivity index (χ2n) is 5.07. The molecule has 0 aliphatic carbocycles. The topological polar surface area (TPSA) is 78.9 Å². The van der Waals surface area contributed by atoms with Crippen LogP contribution in [-0.2, 0) is 9.53 Å². The highest BCUT2D eigenvalue weighted by Crippen LogP contribution is 2.14. The number of nitrogens with one attached hydrogen (secondary N) is 1. The number of amides is 2. The number of likely N-dealkylation sites (tertiary alicyclic amines) is 1. The Labute approximate surface area is 114 Å². The summed E-state index contributed by atoms with van der Waals surface area (Å²) in [6, 6.07) is -1.11. The second-order valence-corrected chi connectivity index (χ2v) is 5.07. The van der Waals surface area contributed by atoms with Crippen LogP contribution in [0.4, 0.5) is 4.79 Å². The molecule has 0 aromatic rings. The summed E-state index contributed by atoms with van der Waals surface area (Å²) in [5.41, 5.74) is 0. The number of aliphatic carboxylic acids is 1. The molecule has 1 heterocycles. The number of ether oxygens (including phenoxy) is 1. The zero-order valence-corrected chi connectivity index (χ0v) is 11.9. The molecule has 0 saturated carbocycles. The molecule has 1 saturated heterocycles. The zero-order valence-electron chi connectivity index (χ0n) is 11.9. The van der Waals surface area contributed by atoms with Gasteiger partial charge in [-0.15, -0.1) is 0 Å². The lowest BCUT2D eigenvalue weighted by Crippen LogP contribution is -2.52. The molecule has 2 amide bonds. The molecular weight excluding hydrogens is 248 g/mol. The van der Waals surface area contributed by atoms with Crippen molar-refractivity contribution in [2.75, 3.05) is 20.2 Å². The molecule has 110 valence electrons. The summed E-state index contributed by atoms with van der Waals surface area (Å²) in [7, 11) is 1.67. The average Bonchev–Trinajstić information content (AvgIpc) is 2.43. The monoisotopic (exact) mass is 272 g/mol. The summed E-state index contributed by atoms with van der Waals surface area (Å²) in [6.45, 7) is 4.96. The van der Waals surface area contributed by atoms with Crippen LogP contribution in [-0.4, -0.2) is 54.4 Å². The Balaban J connectivity index is 2.51. The van der Waals surface area contributed by atoms with Crippen molar-refractivity contribution in [3.63, 3.8) is 0 Å². The fourth-order valence-corrected chi connectivity index (χ4v) is 2.20. The normalized spacial score (nSPS) is 19.8. The van der Waals surface area contributed by atoms with Gasteiger partial charge in [0.15, 0.2) is 0 Å². The van der Waals surface area contributed by atoms with Crippen molar-refractivity contribution in [2.45, 2.75) is 45.3 Å². The zero-order chi connectivity index (χ0) is 14.4. The summed E-state index contributed by atoms with van der Waals surface area (Å²) in [5.74, 6) is -1.06. The predicted molar refractivity (Wildman–Crippen MR) is 71.0 cm³/mol. The Bertz CT molecular complexity index is 314. The quantitative estimate of drug-likeness (QED) is 0.791. The molecule has 1 aliphatic heterocycles. The molecule has 6 nitrogen and oxygen atoms in total. The van der Waals surface area contributed by atoms with E-state index in [1.165, 1.54) is 0 Å². The van der Waals surface area contributed by atoms with Gasteiger partial charge in [0.25, 0.3) is 0 Å². The minimum Gasteiger partial charge on any atom is -0.480 e. The molecule has 2 atom stereocenters. The number of urea groups is 1. The van der Waals surface area contributed by atoms with Crippen LogP contribution in [0.1, 0.15) is 33.1 Å². The highest BCUT2D eigenvalue weighted by Gasteiger charge is 2.29.